The van der Waals surface area contributed by atoms with Gasteiger partial charge in [0.1, 0.15) is 0 Å². The topological polar surface area (TPSA) is 0 Å². The fraction of sp³-hybridized carbons (Fsp3) is 0.364. The quantitative estimate of drug-likeness (QED) is 0.0111. The summed E-state index contributed by atoms with van der Waals surface area (Å²) in [5, 5.41) is 0. The Bertz CT molecular complexity index is 3850. The molecule has 0 aliphatic carbocycles. The molecule has 0 heterocycles. The van der Waals surface area contributed by atoms with E-state index in [1.807, 2.05) is 121 Å². The van der Waals surface area contributed by atoms with Crippen molar-refractivity contribution in [3.63, 3.8) is 0 Å². The lowest BCUT2D eigenvalue weighted by Crippen LogP contribution is -1.87. The number of halogens is 5. The van der Waals surface area contributed by atoms with Crippen molar-refractivity contribution < 1.29 is 23.5 Å². The maximum Gasteiger partial charge on any atom is 0.0249 e. The number of benzene rings is 10. The van der Waals surface area contributed by atoms with Crippen molar-refractivity contribution in [1.29, 1.82) is 0 Å². The monoisotopic (exact) mass is 1710 g/mol. The third kappa shape index (κ3) is 52.6. The van der Waals surface area contributed by atoms with Gasteiger partial charge in [0.2, 0.25) is 0 Å². The summed E-state index contributed by atoms with van der Waals surface area (Å²) in [5.41, 5.74) is 17.6. The molecule has 0 N–H and O–H groups in total. The lowest BCUT2D eigenvalue weighted by molar-refractivity contribution is 0.607. The van der Waals surface area contributed by atoms with E-state index in [-0.39, 0.29) is 23.5 Å². The maximum atomic E-state index is 4.28. The van der Waals surface area contributed by atoms with Crippen LogP contribution in [-0.2, 0) is 32.1 Å². The molecular weight excluding hydrogens is 1580 g/mol. The van der Waals surface area contributed by atoms with Gasteiger partial charge in [-0.1, -0.05) is 315 Å². The van der Waals surface area contributed by atoms with E-state index in [2.05, 4.69) is 278 Å². The average Bonchev–Trinajstić information content (AvgIpc) is 0.908. The Balaban J connectivity index is 0.000000742. The van der Waals surface area contributed by atoms with E-state index in [9.17, 15) is 0 Å². The molecule has 10 aromatic carbocycles. The van der Waals surface area contributed by atoms with Crippen LogP contribution in [0.25, 0.3) is 0 Å². The van der Waals surface area contributed by atoms with Gasteiger partial charge in [0, 0.05) is 80.1 Å². The summed E-state index contributed by atoms with van der Waals surface area (Å²) in [4.78, 5) is 4.84. The van der Waals surface area contributed by atoms with Crippen molar-refractivity contribution in [2.24, 2.45) is 0 Å². The molecule has 0 fully saturated rings. The van der Waals surface area contributed by atoms with E-state index < -0.39 is 0 Å². The Labute approximate surface area is 750 Å². The summed E-state index contributed by atoms with van der Waals surface area (Å²) in [6, 6.07) is 83.2. The molecule has 120 heavy (non-hydrogen) atoms. The van der Waals surface area contributed by atoms with Gasteiger partial charge in [-0.05, 0) is 274 Å². The molecule has 640 valence electrons. The molecule has 0 saturated carbocycles. The van der Waals surface area contributed by atoms with Crippen molar-refractivity contribution in [3.8, 4) is 59.2 Å². The summed E-state index contributed by atoms with van der Waals surface area (Å²) in [5.74, 6) is 32.1. The number of rotatable bonds is 35. The van der Waals surface area contributed by atoms with Crippen LogP contribution in [0, 0.1) is 59.2 Å². The van der Waals surface area contributed by atoms with E-state index in [0.29, 0.717) is 0 Å². The molecule has 0 spiro atoms. The number of hydrogen-bond acceptors (Lipinski definition) is 5. The fourth-order valence-corrected chi connectivity index (χ4v) is 13.5. The average molecular weight is 1710 g/mol. The standard InChI is InChI=1S/5C22H26S.5FH/c5*1-2-3-4-5-6-7-8-19-9-11-20(12-10-19)13-14-21-15-17-22(23)18-16-21;;;;;/h5*9-12,15-18,23H,2-8H2,1H3;5*1H. The van der Waals surface area contributed by atoms with E-state index in [4.69, 9.17) is 0 Å². The third-order valence-electron chi connectivity index (χ3n) is 20.0. The minimum absolute atomic E-state index is 0. The van der Waals surface area contributed by atoms with Crippen LogP contribution < -0.4 is 0 Å². The molecule has 10 rings (SSSR count). The zero-order chi connectivity index (χ0) is 81.7. The van der Waals surface area contributed by atoms with E-state index in [1.165, 1.54) is 253 Å². The molecular formula is C110H135F5S5. The Kier molecular flexibility index (Phi) is 64.8. The highest BCUT2D eigenvalue weighted by Gasteiger charge is 2.03. The highest BCUT2D eigenvalue weighted by molar-refractivity contribution is 7.81. The number of thiol groups is 5. The normalized spacial score (nSPS) is 9.75. The van der Waals surface area contributed by atoms with Crippen LogP contribution in [0.5, 0.6) is 0 Å². The molecule has 0 saturated heterocycles. The fourth-order valence-electron chi connectivity index (χ4n) is 12.8. The molecule has 10 heteroatoms. The Hall–Kier alpha value is -8.60. The number of aryl methyl sites for hydroxylation is 5. The minimum atomic E-state index is 0. The lowest BCUT2D eigenvalue weighted by Gasteiger charge is -2.02. The van der Waals surface area contributed by atoms with Gasteiger partial charge < -0.3 is 0 Å². The molecule has 0 aliphatic heterocycles. The second kappa shape index (κ2) is 71.0. The summed E-state index contributed by atoms with van der Waals surface area (Å²) in [7, 11) is 0. The van der Waals surface area contributed by atoms with Gasteiger partial charge in [0.15, 0.2) is 0 Å². The first-order valence-electron chi connectivity index (χ1n) is 43.4. The first kappa shape index (κ1) is 109. The largest absolute Gasteiger partial charge is 0.269 e. The number of unbranched alkanes of at least 4 members (excludes halogenated alkanes) is 25. The minimum Gasteiger partial charge on any atom is -0.269 e. The summed E-state index contributed by atoms with van der Waals surface area (Å²) in [6.07, 6.45) is 46.5. The number of hydrogen-bond donors (Lipinski definition) is 5. The van der Waals surface area contributed by atoms with Crippen molar-refractivity contribution in [2.45, 2.75) is 284 Å². The second-order valence-electron chi connectivity index (χ2n) is 30.1. The van der Waals surface area contributed by atoms with Gasteiger partial charge in [-0.2, -0.15) is 0 Å². The van der Waals surface area contributed by atoms with Crippen molar-refractivity contribution in [2.75, 3.05) is 0 Å². The van der Waals surface area contributed by atoms with Gasteiger partial charge in [0.05, 0.1) is 0 Å². The molecule has 0 bridgehead atoms. The van der Waals surface area contributed by atoms with Gasteiger partial charge in [-0.25, -0.2) is 0 Å². The van der Waals surface area contributed by atoms with Gasteiger partial charge in [0.25, 0.3) is 0 Å². The van der Waals surface area contributed by atoms with Crippen LogP contribution in [0.1, 0.15) is 311 Å². The van der Waals surface area contributed by atoms with Crippen molar-refractivity contribution >= 4 is 63.1 Å². The van der Waals surface area contributed by atoms with E-state index in [1.54, 1.807) is 0 Å². The highest BCUT2D eigenvalue weighted by atomic mass is 32.1. The van der Waals surface area contributed by atoms with Gasteiger partial charge >= 0.3 is 0 Å². The summed E-state index contributed by atoms with van der Waals surface area (Å²) >= 11 is 21.4. The van der Waals surface area contributed by atoms with E-state index >= 15 is 0 Å². The highest BCUT2D eigenvalue weighted by Crippen LogP contribution is 2.20. The van der Waals surface area contributed by atoms with Crippen LogP contribution in [0.3, 0.4) is 0 Å². The first-order chi connectivity index (χ1) is 56.4. The summed E-state index contributed by atoms with van der Waals surface area (Å²) in [6.45, 7) is 11.3. The zero-order valence-corrected chi connectivity index (χ0v) is 76.6. The predicted molar refractivity (Wildman–Crippen MR) is 528 cm³/mol. The van der Waals surface area contributed by atoms with Crippen molar-refractivity contribution in [1.82, 2.24) is 0 Å². The van der Waals surface area contributed by atoms with Gasteiger partial charge in [-0.15, -0.1) is 63.1 Å². The van der Waals surface area contributed by atoms with Crippen LogP contribution in [0.2, 0.25) is 0 Å². The molecule has 0 aromatic heterocycles. The zero-order valence-electron chi connectivity index (χ0n) is 72.1. The van der Waals surface area contributed by atoms with Crippen LogP contribution in [0.4, 0.5) is 23.5 Å². The van der Waals surface area contributed by atoms with Crippen molar-refractivity contribution in [3.05, 3.63) is 326 Å². The molecule has 0 amide bonds. The maximum absolute atomic E-state index is 4.28. The molecule has 10 aromatic rings. The van der Waals surface area contributed by atoms with E-state index in [0.717, 1.165) is 80.1 Å². The SMILES string of the molecule is CCCCCCCCc1ccc(C#Cc2ccc(S)cc2)cc1.CCCCCCCCc1ccc(C#Cc2ccc(S)cc2)cc1.CCCCCCCCc1ccc(C#Cc2ccc(S)cc2)cc1.CCCCCCCCc1ccc(C#Cc2ccc(S)cc2)cc1.CCCCCCCCc1ccc(C#Cc2ccc(S)cc2)cc1.F.F.F.F.F. The molecule has 0 atom stereocenters. The van der Waals surface area contributed by atoms with Crippen LogP contribution in [0.15, 0.2) is 267 Å². The van der Waals surface area contributed by atoms with Crippen LogP contribution in [-0.4, -0.2) is 0 Å². The van der Waals surface area contributed by atoms with Crippen LogP contribution >= 0.6 is 63.1 Å². The smallest absolute Gasteiger partial charge is 0.0249 e. The molecule has 0 aliphatic rings. The molecule has 0 nitrogen and oxygen atoms in total. The van der Waals surface area contributed by atoms with Gasteiger partial charge in [-0.3, -0.25) is 23.5 Å². The Morgan fingerprint density at radius 2 is 0.242 bits per heavy atom. The Morgan fingerprint density at radius 1 is 0.142 bits per heavy atom. The molecule has 0 radical (unpaired) electrons. The first-order valence-corrected chi connectivity index (χ1v) is 45.6. The Morgan fingerprint density at radius 3 is 0.358 bits per heavy atom. The summed E-state index contributed by atoms with van der Waals surface area (Å²) < 4.78 is 0. The lowest BCUT2D eigenvalue weighted by atomic mass is 10.0. The second-order valence-corrected chi connectivity index (χ2v) is 32.6. The predicted octanol–water partition coefficient (Wildman–Crippen LogP) is 32.2. The molecule has 0 unspecified atom stereocenters. The third-order valence-corrected chi connectivity index (χ3v) is 21.4.